The molecule has 0 fully saturated rings. The Morgan fingerprint density at radius 2 is 2.14 bits per heavy atom. The molecule has 0 saturated carbocycles. The van der Waals surface area contributed by atoms with Gasteiger partial charge in [0.05, 0.1) is 0 Å². The minimum Gasteiger partial charge on any atom is -0.333 e. The van der Waals surface area contributed by atoms with Gasteiger partial charge in [-0.25, -0.2) is 0 Å². The molecule has 1 heterocycles. The van der Waals surface area contributed by atoms with Crippen molar-refractivity contribution in [2.75, 3.05) is 0 Å². The van der Waals surface area contributed by atoms with Crippen molar-refractivity contribution >= 4 is 41.5 Å². The molecule has 3 heteroatoms. The Labute approximate surface area is 69.7 Å². The quantitative estimate of drug-likeness (QED) is 0.378. The molecular weight excluding hydrogens is 117 g/mol. The van der Waals surface area contributed by atoms with Crippen molar-refractivity contribution in [2.45, 2.75) is 0 Å². The van der Waals surface area contributed by atoms with Gasteiger partial charge in [0.1, 0.15) is 0 Å². The fourth-order valence-corrected chi connectivity index (χ4v) is 0.663. The van der Waals surface area contributed by atoms with Crippen molar-refractivity contribution in [1.82, 2.24) is 4.72 Å². The molecule has 1 aliphatic heterocycles. The third-order valence-corrected chi connectivity index (χ3v) is 1.06. The number of nitrogens with one attached hydrogen (secondary N) is 1. The van der Waals surface area contributed by atoms with Crippen LogP contribution >= 0.6 is 11.9 Å². The van der Waals surface area contributed by atoms with Crippen LogP contribution in [0.1, 0.15) is 0 Å². The van der Waals surface area contributed by atoms with Gasteiger partial charge in [0.25, 0.3) is 0 Å². The van der Waals surface area contributed by atoms with Crippen LogP contribution in [0.15, 0.2) is 23.8 Å². The molecule has 1 nitrogen and oxygen atoms in total. The van der Waals surface area contributed by atoms with Gasteiger partial charge in [-0.1, -0.05) is 6.08 Å². The summed E-state index contributed by atoms with van der Waals surface area (Å²) < 4.78 is 2.93. The Hall–Kier alpha value is 0.630. The van der Waals surface area contributed by atoms with Gasteiger partial charge in [-0.3, -0.25) is 0 Å². The molecule has 7 heavy (non-hydrogen) atoms. The van der Waals surface area contributed by atoms with Crippen molar-refractivity contribution in [3.05, 3.63) is 23.8 Å². The summed E-state index contributed by atoms with van der Waals surface area (Å²) in [5.74, 6) is 0. The van der Waals surface area contributed by atoms with Crippen molar-refractivity contribution in [2.24, 2.45) is 0 Å². The van der Waals surface area contributed by atoms with Crippen LogP contribution in [-0.4, -0.2) is 29.6 Å². The summed E-state index contributed by atoms with van der Waals surface area (Å²) in [5, 5.41) is 1.99. The average Bonchev–Trinajstić information content (AvgIpc) is 1.72. The summed E-state index contributed by atoms with van der Waals surface area (Å²) in [4.78, 5) is 0. The maximum absolute atomic E-state index is 2.93. The van der Waals surface area contributed by atoms with Crippen molar-refractivity contribution < 1.29 is 0 Å². The molecule has 0 amide bonds. The van der Waals surface area contributed by atoms with E-state index in [0.29, 0.717) is 0 Å². The predicted octanol–water partition coefficient (Wildman–Crippen LogP) is 0.884. The van der Waals surface area contributed by atoms with Gasteiger partial charge in [-0.2, -0.15) is 0 Å². The molecule has 1 N–H and O–H groups in total. The molecule has 0 aliphatic carbocycles. The molecule has 33 valence electrons. The summed E-state index contributed by atoms with van der Waals surface area (Å²) in [7, 11) is 0. The Morgan fingerprint density at radius 3 is 2.29 bits per heavy atom. The minimum absolute atomic E-state index is 0. The number of rotatable bonds is 0. The Kier molecular flexibility index (Phi) is 5.21. The first-order valence-electron chi connectivity index (χ1n) is 1.73. The molecular formula is C4H5NNaS. The molecule has 1 aliphatic rings. The van der Waals surface area contributed by atoms with Gasteiger partial charge in [0, 0.05) is 35.8 Å². The van der Waals surface area contributed by atoms with Crippen LogP contribution in [0.25, 0.3) is 0 Å². The third-order valence-electron chi connectivity index (χ3n) is 0.490. The van der Waals surface area contributed by atoms with E-state index in [0.717, 1.165) is 0 Å². The molecule has 0 unspecified atom stereocenters. The zero-order valence-electron chi connectivity index (χ0n) is 4.22. The van der Waals surface area contributed by atoms with E-state index in [-0.39, 0.29) is 29.6 Å². The largest absolute Gasteiger partial charge is 0.333 e. The van der Waals surface area contributed by atoms with Gasteiger partial charge in [-0.05, 0) is 23.4 Å². The summed E-state index contributed by atoms with van der Waals surface area (Å²) >= 11 is 1.58. The number of allylic oxidation sites excluding steroid dienone is 2. The second-order valence-corrected chi connectivity index (χ2v) is 1.67. The van der Waals surface area contributed by atoms with Crippen LogP contribution < -0.4 is 4.72 Å². The van der Waals surface area contributed by atoms with Crippen LogP contribution in [0.2, 0.25) is 0 Å². The smallest absolute Gasteiger partial charge is 0.00756 e. The maximum Gasteiger partial charge on any atom is 0.00756 e. The zero-order valence-corrected chi connectivity index (χ0v) is 7.03. The average molecular weight is 122 g/mol. The Morgan fingerprint density at radius 1 is 1.29 bits per heavy atom. The van der Waals surface area contributed by atoms with Crippen LogP contribution in [0, 0.1) is 0 Å². The van der Waals surface area contributed by atoms with Crippen LogP contribution in [-0.2, 0) is 0 Å². The Balaban J connectivity index is 0.000000360. The van der Waals surface area contributed by atoms with E-state index < -0.39 is 0 Å². The third kappa shape index (κ3) is 3.23. The van der Waals surface area contributed by atoms with E-state index in [4.69, 9.17) is 0 Å². The zero-order chi connectivity index (χ0) is 4.24. The van der Waals surface area contributed by atoms with E-state index >= 15 is 0 Å². The van der Waals surface area contributed by atoms with Gasteiger partial charge >= 0.3 is 0 Å². The van der Waals surface area contributed by atoms with Crippen molar-refractivity contribution in [1.29, 1.82) is 0 Å². The predicted molar refractivity (Wildman–Crippen MR) is 34.8 cm³/mol. The van der Waals surface area contributed by atoms with Gasteiger partial charge in [0.2, 0.25) is 0 Å². The molecule has 0 aromatic rings. The standard InChI is InChI=1S/C4H5NS.Na/c1-2-4-6-5-3-1;/h1-5H;. The van der Waals surface area contributed by atoms with Crippen molar-refractivity contribution in [3.63, 3.8) is 0 Å². The molecule has 0 aromatic carbocycles. The normalized spacial score (nSPS) is 14.9. The first kappa shape index (κ1) is 7.63. The van der Waals surface area contributed by atoms with E-state index in [9.17, 15) is 0 Å². The van der Waals surface area contributed by atoms with E-state index in [1.807, 2.05) is 23.8 Å². The second-order valence-electron chi connectivity index (χ2n) is 0.923. The monoisotopic (exact) mass is 122 g/mol. The molecule has 0 bridgehead atoms. The van der Waals surface area contributed by atoms with E-state index in [1.165, 1.54) is 0 Å². The molecule has 0 aromatic heterocycles. The van der Waals surface area contributed by atoms with Crippen LogP contribution in [0.5, 0.6) is 0 Å². The summed E-state index contributed by atoms with van der Waals surface area (Å²) in [6.07, 6.45) is 5.84. The first-order valence-corrected chi connectivity index (χ1v) is 2.61. The second kappa shape index (κ2) is 4.78. The van der Waals surface area contributed by atoms with Crippen LogP contribution in [0.4, 0.5) is 0 Å². The maximum atomic E-state index is 2.93. The van der Waals surface area contributed by atoms with Gasteiger partial charge in [0.15, 0.2) is 0 Å². The number of hydrogen-bond acceptors (Lipinski definition) is 2. The fourth-order valence-electron chi connectivity index (χ4n) is 0.258. The molecule has 0 spiro atoms. The molecule has 0 saturated heterocycles. The van der Waals surface area contributed by atoms with Crippen molar-refractivity contribution in [3.8, 4) is 0 Å². The summed E-state index contributed by atoms with van der Waals surface area (Å²) in [6.45, 7) is 0. The molecule has 1 radical (unpaired) electrons. The SMILES string of the molecule is C1=CNSC=C1.[Na]. The van der Waals surface area contributed by atoms with Gasteiger partial charge in [-0.15, -0.1) is 0 Å². The van der Waals surface area contributed by atoms with E-state index in [1.54, 1.807) is 11.9 Å². The van der Waals surface area contributed by atoms with Crippen LogP contribution in [0.3, 0.4) is 0 Å². The summed E-state index contributed by atoms with van der Waals surface area (Å²) in [6, 6.07) is 0. The molecule has 1 rings (SSSR count). The first-order chi connectivity index (χ1) is 3.00. The topological polar surface area (TPSA) is 12.0 Å². The fraction of sp³-hybridized carbons (Fsp3) is 0. The van der Waals surface area contributed by atoms with E-state index in [2.05, 4.69) is 4.72 Å². The number of hydrogen-bond donors (Lipinski definition) is 1. The van der Waals surface area contributed by atoms with Gasteiger partial charge < -0.3 is 4.72 Å². The minimum atomic E-state index is 0. The summed E-state index contributed by atoms with van der Waals surface area (Å²) in [5.41, 5.74) is 0. The Bertz CT molecular complexity index is 77.7. The molecule has 0 atom stereocenters.